The number of imidazole rings is 1. The van der Waals surface area contributed by atoms with Crippen molar-refractivity contribution in [1.29, 1.82) is 0 Å². The predicted octanol–water partition coefficient (Wildman–Crippen LogP) is 4.31. The molecule has 1 amide bonds. The van der Waals surface area contributed by atoms with Crippen LogP contribution in [0.2, 0.25) is 0 Å². The molecule has 0 atom stereocenters. The molecule has 0 saturated carbocycles. The summed E-state index contributed by atoms with van der Waals surface area (Å²) < 4.78 is 7.35. The van der Waals surface area contributed by atoms with Crippen molar-refractivity contribution in [2.24, 2.45) is 0 Å². The van der Waals surface area contributed by atoms with Gasteiger partial charge in [-0.3, -0.25) is 9.20 Å². The van der Waals surface area contributed by atoms with E-state index in [9.17, 15) is 4.79 Å². The second-order valence-corrected chi connectivity index (χ2v) is 6.91. The molecule has 6 heteroatoms. The van der Waals surface area contributed by atoms with E-state index in [1.165, 1.54) is 0 Å². The van der Waals surface area contributed by atoms with Crippen LogP contribution in [0, 0.1) is 0 Å². The lowest BCUT2D eigenvalue weighted by Gasteiger charge is -2.14. The third-order valence-electron chi connectivity index (χ3n) is 4.90. The lowest BCUT2D eigenvalue weighted by molar-refractivity contribution is -0.105. The first-order valence-electron chi connectivity index (χ1n) is 9.24. The second-order valence-electron chi connectivity index (χ2n) is 6.91. The van der Waals surface area contributed by atoms with Gasteiger partial charge in [0.2, 0.25) is 6.41 Å². The number of benzene rings is 2. The fourth-order valence-electron chi connectivity index (χ4n) is 3.36. The predicted molar refractivity (Wildman–Crippen MR) is 117 cm³/mol. The molecule has 1 N–H and O–H groups in total. The third-order valence-corrected chi connectivity index (χ3v) is 4.90. The Labute approximate surface area is 169 Å². The first-order chi connectivity index (χ1) is 14.1. The van der Waals surface area contributed by atoms with E-state index in [4.69, 9.17) is 4.74 Å². The normalized spacial score (nSPS) is 10.7. The van der Waals surface area contributed by atoms with Gasteiger partial charge in [0.25, 0.3) is 0 Å². The number of hydrogen-bond donors (Lipinski definition) is 1. The molecular weight excluding hydrogens is 364 g/mol. The van der Waals surface area contributed by atoms with Gasteiger partial charge in [-0.1, -0.05) is 24.3 Å². The van der Waals surface area contributed by atoms with Crippen molar-refractivity contribution in [2.75, 3.05) is 31.4 Å². The van der Waals surface area contributed by atoms with E-state index >= 15 is 0 Å². The van der Waals surface area contributed by atoms with Gasteiger partial charge in [-0.05, 0) is 35.9 Å². The SMILES string of the molecule is COc1cccc(-c2cnc3c(NC=O)cc(-c4ccc(N(C)C)cc4)cn23)c1. The quantitative estimate of drug-likeness (QED) is 0.502. The van der Waals surface area contributed by atoms with E-state index in [0.29, 0.717) is 17.7 Å². The summed E-state index contributed by atoms with van der Waals surface area (Å²) in [5.74, 6) is 0.777. The minimum absolute atomic E-state index is 0.656. The number of nitrogens with one attached hydrogen (secondary N) is 1. The molecule has 6 nitrogen and oxygen atoms in total. The van der Waals surface area contributed by atoms with Crippen LogP contribution in [0.4, 0.5) is 11.4 Å². The molecule has 0 saturated heterocycles. The number of nitrogens with zero attached hydrogens (tertiary/aromatic N) is 3. The number of aromatic nitrogens is 2. The van der Waals surface area contributed by atoms with E-state index in [-0.39, 0.29) is 0 Å². The molecule has 2 heterocycles. The number of methoxy groups -OCH3 is 1. The molecule has 4 rings (SSSR count). The third kappa shape index (κ3) is 3.52. The van der Waals surface area contributed by atoms with Crippen molar-refractivity contribution in [1.82, 2.24) is 9.38 Å². The highest BCUT2D eigenvalue weighted by molar-refractivity contribution is 5.86. The van der Waals surface area contributed by atoms with Gasteiger partial charge in [0, 0.05) is 37.1 Å². The van der Waals surface area contributed by atoms with Gasteiger partial charge < -0.3 is 15.0 Å². The van der Waals surface area contributed by atoms with E-state index < -0.39 is 0 Å². The highest BCUT2D eigenvalue weighted by atomic mass is 16.5. The van der Waals surface area contributed by atoms with Crippen molar-refractivity contribution in [2.45, 2.75) is 0 Å². The van der Waals surface area contributed by atoms with Crippen LogP contribution in [-0.4, -0.2) is 37.0 Å². The summed E-state index contributed by atoms with van der Waals surface area (Å²) in [5, 5.41) is 2.78. The summed E-state index contributed by atoms with van der Waals surface area (Å²) in [6.07, 6.45) is 4.52. The summed E-state index contributed by atoms with van der Waals surface area (Å²) >= 11 is 0. The molecule has 0 aliphatic heterocycles. The Balaban J connectivity index is 1.88. The lowest BCUT2D eigenvalue weighted by atomic mass is 10.1. The van der Waals surface area contributed by atoms with Crippen LogP contribution in [-0.2, 0) is 4.79 Å². The first kappa shape index (κ1) is 18.6. The van der Waals surface area contributed by atoms with Crippen molar-refractivity contribution < 1.29 is 9.53 Å². The number of anilines is 2. The number of rotatable bonds is 6. The maximum atomic E-state index is 11.2. The van der Waals surface area contributed by atoms with Crippen LogP contribution in [0.3, 0.4) is 0 Å². The van der Waals surface area contributed by atoms with E-state index in [1.54, 1.807) is 13.3 Å². The summed E-state index contributed by atoms with van der Waals surface area (Å²) in [6, 6.07) is 18.1. The molecule has 4 aromatic rings. The zero-order chi connectivity index (χ0) is 20.4. The van der Waals surface area contributed by atoms with Gasteiger partial charge in [-0.15, -0.1) is 0 Å². The average Bonchev–Trinajstić information content (AvgIpc) is 3.18. The van der Waals surface area contributed by atoms with Crippen LogP contribution in [0.25, 0.3) is 28.0 Å². The summed E-state index contributed by atoms with van der Waals surface area (Å²) in [4.78, 5) is 17.8. The largest absolute Gasteiger partial charge is 0.497 e. The van der Waals surface area contributed by atoms with Crippen LogP contribution in [0.5, 0.6) is 5.75 Å². The molecule has 0 unspecified atom stereocenters. The molecule has 146 valence electrons. The van der Waals surface area contributed by atoms with Gasteiger partial charge >= 0.3 is 0 Å². The van der Waals surface area contributed by atoms with Gasteiger partial charge in [-0.25, -0.2) is 4.98 Å². The summed E-state index contributed by atoms with van der Waals surface area (Å²) in [6.45, 7) is 0. The molecule has 0 radical (unpaired) electrons. The average molecular weight is 386 g/mol. The van der Waals surface area contributed by atoms with Crippen LogP contribution < -0.4 is 15.0 Å². The molecule has 0 fully saturated rings. The van der Waals surface area contributed by atoms with E-state index in [1.807, 2.05) is 55.0 Å². The monoisotopic (exact) mass is 386 g/mol. The minimum atomic E-state index is 0.656. The standard InChI is InChI=1S/C23H22N4O2/c1-26(2)19-9-7-16(8-10-19)18-12-21(25-15-28)23-24-13-22(27(23)14-18)17-5-4-6-20(11-17)29-3/h4-15H,1-3H3,(H,25,28). The maximum Gasteiger partial charge on any atom is 0.211 e. The topological polar surface area (TPSA) is 58.9 Å². The smallest absolute Gasteiger partial charge is 0.211 e. The molecule has 0 aliphatic carbocycles. The number of amides is 1. The fraction of sp³-hybridized carbons (Fsp3) is 0.130. The zero-order valence-electron chi connectivity index (χ0n) is 16.6. The van der Waals surface area contributed by atoms with Crippen LogP contribution >= 0.6 is 0 Å². The Hall–Kier alpha value is -3.80. The van der Waals surface area contributed by atoms with E-state index in [2.05, 4.69) is 39.5 Å². The number of carbonyl (C=O) groups excluding carboxylic acids is 1. The highest BCUT2D eigenvalue weighted by Crippen LogP contribution is 2.31. The van der Waals surface area contributed by atoms with Crippen LogP contribution in [0.15, 0.2) is 67.0 Å². The Morgan fingerprint density at radius 2 is 1.83 bits per heavy atom. The summed E-state index contributed by atoms with van der Waals surface area (Å²) in [7, 11) is 5.67. The Morgan fingerprint density at radius 3 is 2.52 bits per heavy atom. The van der Waals surface area contributed by atoms with Crippen LogP contribution in [0.1, 0.15) is 0 Å². The maximum absolute atomic E-state index is 11.2. The van der Waals surface area contributed by atoms with Crippen molar-refractivity contribution >= 4 is 23.4 Å². The molecule has 0 spiro atoms. The second kappa shape index (κ2) is 7.67. The Kier molecular flexibility index (Phi) is 4.91. The minimum Gasteiger partial charge on any atom is -0.497 e. The van der Waals surface area contributed by atoms with E-state index in [0.717, 1.165) is 33.8 Å². The molecule has 2 aromatic heterocycles. The molecule has 29 heavy (non-hydrogen) atoms. The molecule has 2 aromatic carbocycles. The number of pyridine rings is 1. The Morgan fingerprint density at radius 1 is 1.03 bits per heavy atom. The number of ether oxygens (including phenoxy) is 1. The van der Waals surface area contributed by atoms with Crippen molar-refractivity contribution in [3.63, 3.8) is 0 Å². The Bertz CT molecular complexity index is 1160. The van der Waals surface area contributed by atoms with Gasteiger partial charge in [0.05, 0.1) is 24.7 Å². The fourth-order valence-corrected chi connectivity index (χ4v) is 3.36. The zero-order valence-corrected chi connectivity index (χ0v) is 16.6. The van der Waals surface area contributed by atoms with Gasteiger partial charge in [0.1, 0.15) is 5.75 Å². The van der Waals surface area contributed by atoms with Crippen molar-refractivity contribution in [3.8, 4) is 28.1 Å². The first-order valence-corrected chi connectivity index (χ1v) is 9.24. The van der Waals surface area contributed by atoms with Gasteiger partial charge in [-0.2, -0.15) is 0 Å². The number of hydrogen-bond acceptors (Lipinski definition) is 4. The molecule has 0 bridgehead atoms. The van der Waals surface area contributed by atoms with Crippen molar-refractivity contribution in [3.05, 3.63) is 67.0 Å². The lowest BCUT2D eigenvalue weighted by Crippen LogP contribution is -2.07. The highest BCUT2D eigenvalue weighted by Gasteiger charge is 2.13. The summed E-state index contributed by atoms with van der Waals surface area (Å²) in [5.41, 5.74) is 6.40. The molecule has 0 aliphatic rings. The van der Waals surface area contributed by atoms with Gasteiger partial charge in [0.15, 0.2) is 5.65 Å². The number of fused-ring (bicyclic) bond motifs is 1. The molecular formula is C23H22N4O2. The number of carbonyl (C=O) groups is 1.